The Morgan fingerprint density at radius 3 is 2.73 bits per heavy atom. The van der Waals surface area contributed by atoms with E-state index in [9.17, 15) is 4.39 Å². The van der Waals surface area contributed by atoms with Gasteiger partial charge in [-0.05, 0) is 30.3 Å². The number of hydrogen-bond acceptors (Lipinski definition) is 5. The predicted octanol–water partition coefficient (Wildman–Crippen LogP) is 4.89. The van der Waals surface area contributed by atoms with Gasteiger partial charge in [0.25, 0.3) is 0 Å². The lowest BCUT2D eigenvalue weighted by Gasteiger charge is -2.33. The highest BCUT2D eigenvalue weighted by atomic mass is 19.1. The Balaban J connectivity index is 1.23. The van der Waals surface area contributed by atoms with E-state index in [1.165, 1.54) is 6.20 Å². The standard InChI is InChI=1S/C23H22FN5O/c24-21-15-25-22-12-16(6-7-20(21)22)27-23-13-17(14-26-28-23)29-10-8-19(9-11-29)30-18-4-2-1-3-5-18/h1-7,12-15,19,25H,8-11H2,(H,27,28). The first-order chi connectivity index (χ1) is 14.7. The zero-order valence-electron chi connectivity index (χ0n) is 16.4. The molecule has 1 aliphatic rings. The minimum atomic E-state index is -0.252. The molecule has 2 N–H and O–H groups in total. The van der Waals surface area contributed by atoms with E-state index in [0.29, 0.717) is 11.2 Å². The van der Waals surface area contributed by atoms with Crippen LogP contribution in [-0.2, 0) is 0 Å². The number of aromatic nitrogens is 3. The predicted molar refractivity (Wildman–Crippen MR) is 116 cm³/mol. The summed E-state index contributed by atoms with van der Waals surface area (Å²) in [5.41, 5.74) is 2.59. The topological polar surface area (TPSA) is 66.1 Å². The molecule has 30 heavy (non-hydrogen) atoms. The number of rotatable bonds is 5. The summed E-state index contributed by atoms with van der Waals surface area (Å²) in [6, 6.07) is 17.4. The number of aromatic amines is 1. The van der Waals surface area contributed by atoms with Gasteiger partial charge in [-0.15, -0.1) is 5.10 Å². The maximum atomic E-state index is 13.6. The van der Waals surface area contributed by atoms with Gasteiger partial charge in [0.05, 0.1) is 17.4 Å². The number of ether oxygens (including phenoxy) is 1. The number of anilines is 3. The highest BCUT2D eigenvalue weighted by molar-refractivity contribution is 5.84. The molecule has 7 heteroatoms. The van der Waals surface area contributed by atoms with Crippen LogP contribution in [0.3, 0.4) is 0 Å². The lowest BCUT2D eigenvalue weighted by Crippen LogP contribution is -2.38. The number of nitrogens with zero attached hydrogens (tertiary/aromatic N) is 3. The SMILES string of the molecule is Fc1c[nH]c2cc(Nc3cc(N4CCC(Oc5ccccc5)CC4)cnn3)ccc12. The number of benzene rings is 2. The van der Waals surface area contributed by atoms with Crippen molar-refractivity contribution >= 4 is 28.1 Å². The van der Waals surface area contributed by atoms with Gasteiger partial charge in [-0.25, -0.2) is 4.39 Å². The molecule has 0 spiro atoms. The average Bonchev–Trinajstić information content (AvgIpc) is 3.15. The van der Waals surface area contributed by atoms with Crippen LogP contribution in [0.5, 0.6) is 5.75 Å². The summed E-state index contributed by atoms with van der Waals surface area (Å²) in [4.78, 5) is 5.23. The van der Waals surface area contributed by atoms with E-state index in [1.54, 1.807) is 12.3 Å². The summed E-state index contributed by atoms with van der Waals surface area (Å²) in [6.45, 7) is 1.80. The number of piperidine rings is 1. The molecular formula is C23H22FN5O. The van der Waals surface area contributed by atoms with Crippen molar-refractivity contribution in [3.63, 3.8) is 0 Å². The molecule has 5 rings (SSSR count). The van der Waals surface area contributed by atoms with E-state index in [1.807, 2.05) is 48.5 Å². The van der Waals surface area contributed by atoms with Crippen LogP contribution in [0.1, 0.15) is 12.8 Å². The molecule has 0 bridgehead atoms. The Bertz CT molecular complexity index is 1140. The van der Waals surface area contributed by atoms with Crippen molar-refractivity contribution in [1.82, 2.24) is 15.2 Å². The van der Waals surface area contributed by atoms with Crippen molar-refractivity contribution in [3.8, 4) is 5.75 Å². The fourth-order valence-corrected chi connectivity index (χ4v) is 3.83. The second-order valence-corrected chi connectivity index (χ2v) is 7.44. The molecule has 6 nitrogen and oxygen atoms in total. The minimum Gasteiger partial charge on any atom is -0.490 e. The maximum absolute atomic E-state index is 13.6. The van der Waals surface area contributed by atoms with Gasteiger partial charge in [0.15, 0.2) is 5.82 Å². The second-order valence-electron chi connectivity index (χ2n) is 7.44. The summed E-state index contributed by atoms with van der Waals surface area (Å²) in [6.07, 6.45) is 5.28. The third kappa shape index (κ3) is 3.91. The number of H-pyrrole nitrogens is 1. The summed E-state index contributed by atoms with van der Waals surface area (Å²) in [7, 11) is 0. The third-order valence-electron chi connectivity index (χ3n) is 5.40. The van der Waals surface area contributed by atoms with Crippen LogP contribution in [0, 0.1) is 5.82 Å². The van der Waals surface area contributed by atoms with Crippen molar-refractivity contribution in [2.24, 2.45) is 0 Å². The van der Waals surface area contributed by atoms with Crippen LogP contribution in [0.15, 0.2) is 67.0 Å². The number of fused-ring (bicyclic) bond motifs is 1. The maximum Gasteiger partial charge on any atom is 0.155 e. The van der Waals surface area contributed by atoms with Crippen molar-refractivity contribution in [2.75, 3.05) is 23.3 Å². The Labute approximate surface area is 173 Å². The van der Waals surface area contributed by atoms with E-state index in [4.69, 9.17) is 4.74 Å². The van der Waals surface area contributed by atoms with Crippen molar-refractivity contribution < 1.29 is 9.13 Å². The van der Waals surface area contributed by atoms with Crippen molar-refractivity contribution in [2.45, 2.75) is 18.9 Å². The van der Waals surface area contributed by atoms with Crippen molar-refractivity contribution in [1.29, 1.82) is 0 Å². The molecule has 1 fully saturated rings. The second kappa shape index (κ2) is 8.02. The lowest BCUT2D eigenvalue weighted by molar-refractivity contribution is 0.171. The summed E-state index contributed by atoms with van der Waals surface area (Å²) >= 11 is 0. The Morgan fingerprint density at radius 1 is 1.07 bits per heavy atom. The van der Waals surface area contributed by atoms with E-state index < -0.39 is 0 Å². The molecule has 152 valence electrons. The fraction of sp³-hybridized carbons (Fsp3) is 0.217. The molecule has 2 aromatic heterocycles. The summed E-state index contributed by atoms with van der Waals surface area (Å²) < 4.78 is 19.7. The van der Waals surface area contributed by atoms with E-state index in [-0.39, 0.29) is 11.9 Å². The molecule has 0 saturated carbocycles. The van der Waals surface area contributed by atoms with Gasteiger partial charge in [-0.3, -0.25) is 0 Å². The molecule has 3 heterocycles. The smallest absolute Gasteiger partial charge is 0.155 e. The van der Waals surface area contributed by atoms with Gasteiger partial charge >= 0.3 is 0 Å². The number of para-hydroxylation sites is 1. The summed E-state index contributed by atoms with van der Waals surface area (Å²) in [5.74, 6) is 1.33. The van der Waals surface area contributed by atoms with Crippen LogP contribution < -0.4 is 15.0 Å². The zero-order chi connectivity index (χ0) is 20.3. The molecule has 1 aliphatic heterocycles. The van der Waals surface area contributed by atoms with E-state index >= 15 is 0 Å². The largest absolute Gasteiger partial charge is 0.490 e. The van der Waals surface area contributed by atoms with Gasteiger partial charge < -0.3 is 19.9 Å². The van der Waals surface area contributed by atoms with Gasteiger partial charge in [0, 0.05) is 49.3 Å². The van der Waals surface area contributed by atoms with Crippen LogP contribution >= 0.6 is 0 Å². The van der Waals surface area contributed by atoms with Crippen LogP contribution in [0.4, 0.5) is 21.6 Å². The van der Waals surface area contributed by atoms with Gasteiger partial charge in [0.1, 0.15) is 17.7 Å². The zero-order valence-corrected chi connectivity index (χ0v) is 16.4. The quantitative estimate of drug-likeness (QED) is 0.497. The lowest BCUT2D eigenvalue weighted by atomic mass is 10.1. The van der Waals surface area contributed by atoms with E-state index in [2.05, 4.69) is 25.4 Å². The minimum absolute atomic E-state index is 0.226. The first-order valence-corrected chi connectivity index (χ1v) is 10.1. The molecule has 0 amide bonds. The Morgan fingerprint density at radius 2 is 1.90 bits per heavy atom. The number of nitrogens with one attached hydrogen (secondary N) is 2. The Hall–Kier alpha value is -3.61. The van der Waals surface area contributed by atoms with Gasteiger partial charge in [0.2, 0.25) is 0 Å². The number of halogens is 1. The first-order valence-electron chi connectivity index (χ1n) is 10.1. The molecule has 4 aromatic rings. The first kappa shape index (κ1) is 18.4. The highest BCUT2D eigenvalue weighted by Crippen LogP contribution is 2.26. The average molecular weight is 403 g/mol. The Kier molecular flexibility index (Phi) is 4.93. The van der Waals surface area contributed by atoms with Gasteiger partial charge in [-0.2, -0.15) is 5.10 Å². The fourth-order valence-electron chi connectivity index (χ4n) is 3.83. The van der Waals surface area contributed by atoms with E-state index in [0.717, 1.165) is 48.6 Å². The molecule has 0 atom stereocenters. The van der Waals surface area contributed by atoms with Gasteiger partial charge in [-0.1, -0.05) is 18.2 Å². The molecule has 2 aromatic carbocycles. The summed E-state index contributed by atoms with van der Waals surface area (Å²) in [5, 5.41) is 12.2. The highest BCUT2D eigenvalue weighted by Gasteiger charge is 2.21. The molecule has 0 aliphatic carbocycles. The van der Waals surface area contributed by atoms with Crippen LogP contribution in [0.25, 0.3) is 10.9 Å². The third-order valence-corrected chi connectivity index (χ3v) is 5.40. The normalized spacial score (nSPS) is 14.8. The van der Waals surface area contributed by atoms with Crippen LogP contribution in [-0.4, -0.2) is 34.4 Å². The van der Waals surface area contributed by atoms with Crippen LogP contribution in [0.2, 0.25) is 0 Å². The molecule has 1 saturated heterocycles. The van der Waals surface area contributed by atoms with Crippen molar-refractivity contribution in [3.05, 3.63) is 72.8 Å². The molecule has 0 unspecified atom stereocenters. The number of hydrogen-bond donors (Lipinski definition) is 2. The molecule has 0 radical (unpaired) electrons. The molecular weight excluding hydrogens is 381 g/mol. The monoisotopic (exact) mass is 403 g/mol.